The van der Waals surface area contributed by atoms with Gasteiger partial charge in [-0.2, -0.15) is 0 Å². The minimum absolute atomic E-state index is 0.0862. The highest BCUT2D eigenvalue weighted by atomic mass is 32.2. The van der Waals surface area contributed by atoms with Gasteiger partial charge in [0.05, 0.1) is 10.5 Å². The summed E-state index contributed by atoms with van der Waals surface area (Å²) in [5.74, 6) is 0.255. The molecule has 2 aromatic heterocycles. The fraction of sp³-hybridized carbons (Fsp3) is 0.217. The fourth-order valence-electron chi connectivity index (χ4n) is 3.49. The summed E-state index contributed by atoms with van der Waals surface area (Å²) in [4.78, 5) is 32.9. The number of carbonyl (C=O) groups is 1. The number of anilines is 1. The van der Waals surface area contributed by atoms with Gasteiger partial charge >= 0.3 is 0 Å². The van der Waals surface area contributed by atoms with Gasteiger partial charge in [-0.25, -0.2) is 4.98 Å². The van der Waals surface area contributed by atoms with Crippen molar-refractivity contribution in [1.82, 2.24) is 14.3 Å². The summed E-state index contributed by atoms with van der Waals surface area (Å²) in [5, 5.41) is 3.38. The lowest BCUT2D eigenvalue weighted by Crippen LogP contribution is -2.27. The Bertz CT molecular complexity index is 1270. The van der Waals surface area contributed by atoms with Crippen molar-refractivity contribution in [2.75, 3.05) is 11.9 Å². The lowest BCUT2D eigenvalue weighted by atomic mass is 10.1. The first kappa shape index (κ1) is 21.3. The van der Waals surface area contributed by atoms with E-state index in [2.05, 4.69) is 5.32 Å². The van der Waals surface area contributed by atoms with Crippen LogP contribution in [0.2, 0.25) is 0 Å². The van der Waals surface area contributed by atoms with Gasteiger partial charge < -0.3 is 5.32 Å². The third-order valence-electron chi connectivity index (χ3n) is 5.20. The van der Waals surface area contributed by atoms with Crippen molar-refractivity contribution >= 4 is 51.7 Å². The molecule has 4 rings (SSSR count). The standard InChI is InChI=1S/C23H22N4O2S2/c1-4-26-22(29)18(31-23(26)30)13-17-19(24-15(3)16-10-6-5-7-11-16)25-20-14(2)9-8-12-27(20)21(17)28/h5-13,15,24H,4H2,1-3H3/b18-13+/t15-/m1/s1. The van der Waals surface area contributed by atoms with E-state index in [0.29, 0.717) is 32.8 Å². The number of nitrogens with one attached hydrogen (secondary N) is 1. The van der Waals surface area contributed by atoms with Gasteiger partial charge in [-0.1, -0.05) is 60.4 Å². The Balaban J connectivity index is 1.87. The number of thiocarbonyl (C=S) groups is 1. The molecule has 3 aromatic rings. The predicted octanol–water partition coefficient (Wildman–Crippen LogP) is 4.40. The van der Waals surface area contributed by atoms with Gasteiger partial charge in [-0.15, -0.1) is 0 Å². The van der Waals surface area contributed by atoms with E-state index >= 15 is 0 Å². The van der Waals surface area contributed by atoms with Crippen molar-refractivity contribution in [3.05, 3.63) is 80.6 Å². The number of fused-ring (bicyclic) bond motifs is 1. The Hall–Kier alpha value is -2.97. The Labute approximate surface area is 190 Å². The number of benzene rings is 1. The molecule has 0 saturated carbocycles. The largest absolute Gasteiger partial charge is 0.363 e. The van der Waals surface area contributed by atoms with Crippen LogP contribution in [0.3, 0.4) is 0 Å². The molecule has 1 atom stereocenters. The van der Waals surface area contributed by atoms with E-state index < -0.39 is 0 Å². The molecule has 1 N–H and O–H groups in total. The van der Waals surface area contributed by atoms with E-state index in [1.165, 1.54) is 21.1 Å². The molecule has 6 nitrogen and oxygen atoms in total. The highest BCUT2D eigenvalue weighted by Gasteiger charge is 2.31. The van der Waals surface area contributed by atoms with Crippen LogP contribution in [-0.4, -0.2) is 31.1 Å². The number of thioether (sulfide) groups is 1. The smallest absolute Gasteiger partial charge is 0.267 e. The summed E-state index contributed by atoms with van der Waals surface area (Å²) < 4.78 is 2.01. The molecule has 1 saturated heterocycles. The molecule has 1 aromatic carbocycles. The van der Waals surface area contributed by atoms with Crippen molar-refractivity contribution in [2.45, 2.75) is 26.8 Å². The third-order valence-corrected chi connectivity index (χ3v) is 6.58. The number of hydrogen-bond acceptors (Lipinski definition) is 6. The van der Waals surface area contributed by atoms with E-state index in [1.807, 2.05) is 63.2 Å². The minimum atomic E-state index is -0.238. The van der Waals surface area contributed by atoms with Crippen molar-refractivity contribution in [3.8, 4) is 0 Å². The molecular weight excluding hydrogens is 428 g/mol. The van der Waals surface area contributed by atoms with Crippen LogP contribution in [0.25, 0.3) is 11.7 Å². The lowest BCUT2D eigenvalue weighted by Gasteiger charge is -2.18. The number of likely N-dealkylation sites (N-methyl/N-ethyl adjacent to an activating group) is 1. The van der Waals surface area contributed by atoms with E-state index in [1.54, 1.807) is 12.3 Å². The van der Waals surface area contributed by atoms with E-state index in [4.69, 9.17) is 17.2 Å². The van der Waals surface area contributed by atoms with Gasteiger partial charge in [0.15, 0.2) is 0 Å². The molecular formula is C23H22N4O2S2. The molecule has 158 valence electrons. The molecule has 3 heterocycles. The lowest BCUT2D eigenvalue weighted by molar-refractivity contribution is -0.121. The Kier molecular flexibility index (Phi) is 5.93. The average molecular weight is 451 g/mol. The quantitative estimate of drug-likeness (QED) is 0.459. The maximum Gasteiger partial charge on any atom is 0.267 e. The Morgan fingerprint density at radius 3 is 2.61 bits per heavy atom. The summed E-state index contributed by atoms with van der Waals surface area (Å²) >= 11 is 6.52. The molecule has 0 unspecified atom stereocenters. The highest BCUT2D eigenvalue weighted by Crippen LogP contribution is 2.33. The van der Waals surface area contributed by atoms with Crippen LogP contribution < -0.4 is 10.9 Å². The minimum Gasteiger partial charge on any atom is -0.363 e. The predicted molar refractivity (Wildman–Crippen MR) is 130 cm³/mol. The zero-order chi connectivity index (χ0) is 22.1. The second-order valence-electron chi connectivity index (χ2n) is 7.27. The second kappa shape index (κ2) is 8.64. The first-order valence-corrected chi connectivity index (χ1v) is 11.2. The summed E-state index contributed by atoms with van der Waals surface area (Å²) in [5.41, 5.74) is 2.63. The molecule has 0 bridgehead atoms. The van der Waals surface area contributed by atoms with E-state index in [9.17, 15) is 9.59 Å². The van der Waals surface area contributed by atoms with Gasteiger partial charge in [0, 0.05) is 18.8 Å². The van der Waals surface area contributed by atoms with Gasteiger partial charge in [0.2, 0.25) is 0 Å². The molecule has 31 heavy (non-hydrogen) atoms. The van der Waals surface area contributed by atoms with Gasteiger partial charge in [0.25, 0.3) is 11.5 Å². The summed E-state index contributed by atoms with van der Waals surface area (Å²) in [6, 6.07) is 13.6. The SMILES string of the molecule is CCN1C(=O)/C(=C\c2c(N[C@H](C)c3ccccc3)nc3c(C)cccn3c2=O)SC1=S. The van der Waals surface area contributed by atoms with Crippen molar-refractivity contribution < 1.29 is 4.79 Å². The number of amides is 1. The average Bonchev–Trinajstić information content (AvgIpc) is 3.04. The highest BCUT2D eigenvalue weighted by molar-refractivity contribution is 8.26. The normalized spacial score (nSPS) is 16.4. The van der Waals surface area contributed by atoms with Crippen LogP contribution in [-0.2, 0) is 4.79 Å². The van der Waals surface area contributed by atoms with Gasteiger partial charge in [-0.3, -0.25) is 18.9 Å². The monoisotopic (exact) mass is 450 g/mol. The first-order chi connectivity index (χ1) is 14.9. The Morgan fingerprint density at radius 1 is 1.19 bits per heavy atom. The van der Waals surface area contributed by atoms with Crippen LogP contribution >= 0.6 is 24.0 Å². The Morgan fingerprint density at radius 2 is 1.94 bits per heavy atom. The van der Waals surface area contributed by atoms with Crippen molar-refractivity contribution in [1.29, 1.82) is 0 Å². The molecule has 1 aliphatic rings. The van der Waals surface area contributed by atoms with Crippen LogP contribution in [0, 0.1) is 6.92 Å². The third kappa shape index (κ3) is 4.00. The molecule has 1 fully saturated rings. The summed E-state index contributed by atoms with van der Waals surface area (Å²) in [6.45, 7) is 6.29. The van der Waals surface area contributed by atoms with E-state index in [-0.39, 0.29) is 17.5 Å². The first-order valence-electron chi connectivity index (χ1n) is 9.99. The van der Waals surface area contributed by atoms with Crippen LogP contribution in [0.4, 0.5) is 5.82 Å². The molecule has 1 aliphatic heterocycles. The van der Waals surface area contributed by atoms with Crippen LogP contribution in [0.5, 0.6) is 0 Å². The maximum absolute atomic E-state index is 13.4. The number of pyridine rings is 1. The topological polar surface area (TPSA) is 66.7 Å². The van der Waals surface area contributed by atoms with Crippen LogP contribution in [0.1, 0.15) is 36.6 Å². The van der Waals surface area contributed by atoms with Crippen molar-refractivity contribution in [2.24, 2.45) is 0 Å². The number of aromatic nitrogens is 2. The molecule has 0 spiro atoms. The fourth-order valence-corrected chi connectivity index (χ4v) is 4.85. The number of carbonyl (C=O) groups excluding carboxylic acids is 1. The van der Waals surface area contributed by atoms with E-state index in [0.717, 1.165) is 11.1 Å². The molecule has 8 heteroatoms. The number of hydrogen-bond donors (Lipinski definition) is 1. The maximum atomic E-state index is 13.4. The zero-order valence-electron chi connectivity index (χ0n) is 17.5. The van der Waals surface area contributed by atoms with Gasteiger partial charge in [0.1, 0.15) is 15.8 Å². The molecule has 1 amide bonds. The number of nitrogens with zero attached hydrogens (tertiary/aromatic N) is 3. The number of rotatable bonds is 5. The van der Waals surface area contributed by atoms with Crippen LogP contribution in [0.15, 0.2) is 58.4 Å². The zero-order valence-corrected chi connectivity index (χ0v) is 19.1. The molecule has 0 radical (unpaired) electrons. The molecule has 0 aliphatic carbocycles. The summed E-state index contributed by atoms with van der Waals surface area (Å²) in [7, 11) is 0. The van der Waals surface area contributed by atoms with Gasteiger partial charge in [-0.05, 0) is 44.0 Å². The summed E-state index contributed by atoms with van der Waals surface area (Å²) in [6.07, 6.45) is 3.30. The number of aryl methyl sites for hydroxylation is 1. The second-order valence-corrected chi connectivity index (χ2v) is 8.94. The van der Waals surface area contributed by atoms with Crippen molar-refractivity contribution in [3.63, 3.8) is 0 Å².